The Kier molecular flexibility index (Phi) is 23.7. The average Bonchev–Trinajstić information content (AvgIpc) is 3.26. The molecule has 324 valence electrons. The Hall–Kier alpha value is -5.28. The Labute approximate surface area is 362 Å². The van der Waals surface area contributed by atoms with Gasteiger partial charge in [0.1, 0.15) is 13.1 Å². The van der Waals surface area contributed by atoms with Crippen molar-refractivity contribution >= 4 is 47.5 Å². The number of hydrogen-bond donors (Lipinski definition) is 2. The fourth-order valence-corrected chi connectivity index (χ4v) is 6.30. The summed E-state index contributed by atoms with van der Waals surface area (Å²) in [5, 5.41) is 5.95. The number of rotatable bonds is 25. The number of aryl methyl sites for hydroxylation is 2. The molecule has 0 aliphatic carbocycles. The second kappa shape index (κ2) is 29.0. The van der Waals surface area contributed by atoms with Crippen LogP contribution >= 0.6 is 0 Å². The van der Waals surface area contributed by atoms with Crippen molar-refractivity contribution in [2.24, 2.45) is 0 Å². The van der Waals surface area contributed by atoms with Crippen LogP contribution in [0.4, 0.5) is 11.4 Å². The summed E-state index contributed by atoms with van der Waals surface area (Å²) in [7, 11) is 10.3. The van der Waals surface area contributed by atoms with Crippen molar-refractivity contribution in [1.29, 1.82) is 0 Å². The minimum absolute atomic E-state index is 0.182. The summed E-state index contributed by atoms with van der Waals surface area (Å²) < 4.78 is 4.42. The fourth-order valence-electron chi connectivity index (χ4n) is 6.30. The Morgan fingerprint density at radius 2 is 0.883 bits per heavy atom. The van der Waals surface area contributed by atoms with Crippen LogP contribution < -0.4 is 29.6 Å². The van der Waals surface area contributed by atoms with Crippen LogP contribution in [0.25, 0.3) is 24.3 Å². The van der Waals surface area contributed by atoms with Crippen LogP contribution in [0.1, 0.15) is 100 Å². The van der Waals surface area contributed by atoms with Crippen molar-refractivity contribution in [3.63, 3.8) is 0 Å². The SMILES string of the molecule is CCCNC(=O)CCCCC[n+]1ccc(C=Cc2ccc(N(C)C)cc2)cc1.CCN(C)CCCNC(=O)CCCCC[n+]1ccc(C=Cc2ccc(N(C)C)cc2)cc1. The largest absolute Gasteiger partial charge is 0.378 e. The van der Waals surface area contributed by atoms with Gasteiger partial charge < -0.3 is 25.3 Å². The summed E-state index contributed by atoms with van der Waals surface area (Å²) in [5.74, 6) is 0.367. The third kappa shape index (κ3) is 21.1. The van der Waals surface area contributed by atoms with Crippen LogP contribution in [0.3, 0.4) is 0 Å². The average molecular weight is 818 g/mol. The smallest absolute Gasteiger partial charge is 0.219 e. The van der Waals surface area contributed by atoms with E-state index in [2.05, 4.69) is 205 Å². The van der Waals surface area contributed by atoms with Crippen molar-refractivity contribution in [3.8, 4) is 0 Å². The van der Waals surface area contributed by atoms with Gasteiger partial charge in [0.15, 0.2) is 24.8 Å². The van der Waals surface area contributed by atoms with Gasteiger partial charge in [0.25, 0.3) is 0 Å². The minimum Gasteiger partial charge on any atom is -0.378 e. The highest BCUT2D eigenvalue weighted by molar-refractivity contribution is 5.76. The molecular weight excluding hydrogens is 743 g/mol. The topological polar surface area (TPSA) is 75.7 Å². The number of aromatic nitrogens is 2. The number of anilines is 2. The Balaban J connectivity index is 0.000000323. The van der Waals surface area contributed by atoms with Gasteiger partial charge in [-0.25, -0.2) is 9.13 Å². The minimum atomic E-state index is 0.182. The zero-order chi connectivity index (χ0) is 43.4. The lowest BCUT2D eigenvalue weighted by Crippen LogP contribution is -2.32. The lowest BCUT2D eigenvalue weighted by Gasteiger charge is -2.13. The Morgan fingerprint density at radius 1 is 0.500 bits per heavy atom. The molecule has 0 spiro atoms. The van der Waals surface area contributed by atoms with Gasteiger partial charge >= 0.3 is 0 Å². The molecule has 0 saturated heterocycles. The molecule has 0 bridgehead atoms. The van der Waals surface area contributed by atoms with Gasteiger partial charge in [-0.2, -0.15) is 0 Å². The first-order valence-corrected chi connectivity index (χ1v) is 22.2. The van der Waals surface area contributed by atoms with Crippen LogP contribution in [0.2, 0.25) is 0 Å². The molecule has 0 radical (unpaired) electrons. The summed E-state index contributed by atoms with van der Waals surface area (Å²) in [6.45, 7) is 9.85. The van der Waals surface area contributed by atoms with E-state index in [1.165, 1.54) is 33.6 Å². The van der Waals surface area contributed by atoms with Gasteiger partial charge in [-0.3, -0.25) is 9.59 Å². The summed E-state index contributed by atoms with van der Waals surface area (Å²) in [5.41, 5.74) is 7.20. The van der Waals surface area contributed by atoms with Gasteiger partial charge in [-0.05, 0) is 105 Å². The number of benzene rings is 2. The third-order valence-corrected chi connectivity index (χ3v) is 10.4. The molecule has 2 heterocycles. The number of carbonyl (C=O) groups excluding carboxylic acids is 2. The normalized spacial score (nSPS) is 11.1. The Bertz CT molecular complexity index is 1820. The maximum Gasteiger partial charge on any atom is 0.219 e. The fraction of sp³-hybridized carbons (Fsp3) is 0.451. The molecule has 9 nitrogen and oxygen atoms in total. The monoisotopic (exact) mass is 818 g/mol. The maximum atomic E-state index is 11.9. The first-order chi connectivity index (χ1) is 29.1. The standard InChI is InChI=1S/C27H40N4O.C24H33N3O/c1-5-30(4)20-9-19-28-27(32)10-7-6-8-21-31-22-17-25(18-23-31)12-11-24-13-15-26(16-14-24)29(2)3;1-4-17-25-24(28)8-6-5-7-18-27-19-15-22(16-20-27)10-9-21-11-13-23(14-12-21)26(2)3/h11-18,22-23H,5-10,19-21H2,1-4H3;9-16,19-20H,4-8,17-18H2,1-3H3/p+2. The Morgan fingerprint density at radius 3 is 1.25 bits per heavy atom. The van der Waals surface area contributed by atoms with Crippen molar-refractivity contribution < 1.29 is 18.7 Å². The predicted octanol–water partition coefficient (Wildman–Crippen LogP) is 8.53. The molecule has 2 aromatic heterocycles. The van der Waals surface area contributed by atoms with Crippen molar-refractivity contribution in [3.05, 3.63) is 120 Å². The van der Waals surface area contributed by atoms with Crippen LogP contribution in [-0.4, -0.2) is 78.1 Å². The summed E-state index contributed by atoms with van der Waals surface area (Å²) >= 11 is 0. The van der Waals surface area contributed by atoms with Gasteiger partial charge in [0, 0.05) is 103 Å². The van der Waals surface area contributed by atoms with Gasteiger partial charge in [0.05, 0.1) is 0 Å². The van der Waals surface area contributed by atoms with E-state index in [-0.39, 0.29) is 11.8 Å². The van der Waals surface area contributed by atoms with E-state index in [1.54, 1.807) is 0 Å². The summed E-state index contributed by atoms with van der Waals surface area (Å²) in [4.78, 5) is 29.9. The van der Waals surface area contributed by atoms with Crippen molar-refractivity contribution in [1.82, 2.24) is 15.5 Å². The molecule has 4 aromatic rings. The molecule has 4 rings (SSSR count). The quantitative estimate of drug-likeness (QED) is 0.0519. The van der Waals surface area contributed by atoms with Crippen LogP contribution in [-0.2, 0) is 22.7 Å². The summed E-state index contributed by atoms with van der Waals surface area (Å²) in [6.07, 6.45) is 26.6. The molecule has 2 aromatic carbocycles. The summed E-state index contributed by atoms with van der Waals surface area (Å²) in [6, 6.07) is 25.7. The lowest BCUT2D eigenvalue weighted by atomic mass is 10.1. The van der Waals surface area contributed by atoms with Gasteiger partial charge in [-0.1, -0.05) is 62.4 Å². The molecule has 0 aliphatic rings. The van der Waals surface area contributed by atoms with Crippen molar-refractivity contribution in [2.45, 2.75) is 91.1 Å². The van der Waals surface area contributed by atoms with E-state index < -0.39 is 0 Å². The second-order valence-corrected chi connectivity index (χ2v) is 15.9. The number of amides is 2. The van der Waals surface area contributed by atoms with E-state index in [1.807, 2.05) is 0 Å². The highest BCUT2D eigenvalue weighted by atomic mass is 16.2. The molecule has 0 aliphatic heterocycles. The third-order valence-electron chi connectivity index (χ3n) is 10.4. The predicted molar refractivity (Wildman–Crippen MR) is 254 cm³/mol. The number of unbranched alkanes of at least 4 members (excludes halogenated alkanes) is 4. The van der Waals surface area contributed by atoms with E-state index in [0.717, 1.165) is 90.6 Å². The van der Waals surface area contributed by atoms with E-state index in [9.17, 15) is 9.59 Å². The highest BCUT2D eigenvalue weighted by Gasteiger charge is 2.05. The number of carbonyl (C=O) groups is 2. The number of nitrogens with zero attached hydrogens (tertiary/aromatic N) is 5. The van der Waals surface area contributed by atoms with Gasteiger partial charge in [-0.15, -0.1) is 0 Å². The number of pyridine rings is 2. The van der Waals surface area contributed by atoms with Crippen LogP contribution in [0, 0.1) is 0 Å². The maximum absolute atomic E-state index is 11.9. The van der Waals surface area contributed by atoms with Crippen LogP contribution in [0.15, 0.2) is 97.6 Å². The zero-order valence-corrected chi connectivity index (χ0v) is 37.9. The molecule has 0 saturated carbocycles. The molecule has 2 amide bonds. The second-order valence-electron chi connectivity index (χ2n) is 15.9. The molecule has 60 heavy (non-hydrogen) atoms. The lowest BCUT2D eigenvalue weighted by molar-refractivity contribution is -0.697. The first-order valence-electron chi connectivity index (χ1n) is 22.2. The van der Waals surface area contributed by atoms with Crippen LogP contribution in [0.5, 0.6) is 0 Å². The van der Waals surface area contributed by atoms with Crippen molar-refractivity contribution in [2.75, 3.05) is 71.2 Å². The van der Waals surface area contributed by atoms with E-state index >= 15 is 0 Å². The molecule has 9 heteroatoms. The molecule has 0 unspecified atom stereocenters. The number of nitrogens with one attached hydrogen (secondary N) is 2. The first kappa shape index (κ1) is 49.1. The molecule has 0 fully saturated rings. The molecule has 2 N–H and O–H groups in total. The highest BCUT2D eigenvalue weighted by Crippen LogP contribution is 2.16. The molecular formula is C51H75N7O2+2. The van der Waals surface area contributed by atoms with Gasteiger partial charge in [0.2, 0.25) is 11.8 Å². The molecule has 0 atom stereocenters. The van der Waals surface area contributed by atoms with E-state index in [0.29, 0.717) is 12.8 Å². The van der Waals surface area contributed by atoms with E-state index in [4.69, 9.17) is 0 Å². The zero-order valence-electron chi connectivity index (χ0n) is 37.9. The number of hydrogen-bond acceptors (Lipinski definition) is 5.